The molecule has 0 unspecified atom stereocenters. The molecule has 0 amide bonds. The largest absolute Gasteiger partial charge is 0.493 e. The molecule has 0 aliphatic rings. The lowest BCUT2D eigenvalue weighted by Gasteiger charge is -2.11. The number of nitrogens with two attached hydrogens (primary N) is 1. The van der Waals surface area contributed by atoms with Gasteiger partial charge in [0.1, 0.15) is 0 Å². The fraction of sp³-hybridized carbons (Fsp3) is 0.273. The second kappa shape index (κ2) is 5.78. The molecule has 0 saturated carbocycles. The van der Waals surface area contributed by atoms with Gasteiger partial charge in [0.15, 0.2) is 11.5 Å². The maximum Gasteiger partial charge on any atom is 0.175 e. The molecule has 82 valence electrons. The molecule has 1 aromatic carbocycles. The number of ether oxygens (including phenoxy) is 2. The van der Waals surface area contributed by atoms with Gasteiger partial charge >= 0.3 is 0 Å². The average Bonchev–Trinajstić information content (AvgIpc) is 2.27. The van der Waals surface area contributed by atoms with Crippen molar-refractivity contribution in [3.8, 4) is 11.5 Å². The molecule has 2 N–H and O–H groups in total. The van der Waals surface area contributed by atoms with E-state index in [-0.39, 0.29) is 0 Å². The average molecular weight is 272 g/mol. The lowest BCUT2D eigenvalue weighted by Crippen LogP contribution is -1.94. The summed E-state index contributed by atoms with van der Waals surface area (Å²) in [5.74, 6) is 1.39. The molecule has 1 rings (SSSR count). The number of hydrogen-bond acceptors (Lipinski definition) is 3. The highest BCUT2D eigenvalue weighted by atomic mass is 79.9. The van der Waals surface area contributed by atoms with E-state index < -0.39 is 0 Å². The third-order valence-corrected chi connectivity index (χ3v) is 2.77. The highest BCUT2D eigenvalue weighted by Crippen LogP contribution is 2.37. The molecule has 0 radical (unpaired) electrons. The Labute approximate surface area is 98.0 Å². The smallest absolute Gasteiger partial charge is 0.175 e. The van der Waals surface area contributed by atoms with Crippen LogP contribution in [0.1, 0.15) is 5.56 Å². The molecule has 3 nitrogen and oxygen atoms in total. The quantitative estimate of drug-likeness (QED) is 0.915. The van der Waals surface area contributed by atoms with Crippen LogP contribution in [0.15, 0.2) is 22.7 Å². The van der Waals surface area contributed by atoms with Crippen LogP contribution >= 0.6 is 15.9 Å². The van der Waals surface area contributed by atoms with Gasteiger partial charge in [-0.3, -0.25) is 0 Å². The first-order valence-corrected chi connectivity index (χ1v) is 5.31. The second-order valence-electron chi connectivity index (χ2n) is 2.84. The Bertz CT molecular complexity index is 364. The van der Waals surface area contributed by atoms with Crippen LogP contribution in [0.3, 0.4) is 0 Å². The fourth-order valence-electron chi connectivity index (χ4n) is 1.23. The number of hydrogen-bond donors (Lipinski definition) is 1. The zero-order valence-electron chi connectivity index (χ0n) is 8.79. The molecule has 1 aromatic rings. The molecule has 0 heterocycles. The summed E-state index contributed by atoms with van der Waals surface area (Å²) in [7, 11) is 3.22. The molecule has 0 bridgehead atoms. The summed E-state index contributed by atoms with van der Waals surface area (Å²) >= 11 is 3.47. The Morgan fingerprint density at radius 3 is 2.60 bits per heavy atom. The zero-order valence-corrected chi connectivity index (χ0v) is 10.4. The van der Waals surface area contributed by atoms with Crippen LogP contribution in [0.2, 0.25) is 0 Å². The molecule has 0 aliphatic carbocycles. The van der Waals surface area contributed by atoms with E-state index in [0.717, 1.165) is 10.0 Å². The summed E-state index contributed by atoms with van der Waals surface area (Å²) in [5.41, 5.74) is 6.41. The van der Waals surface area contributed by atoms with E-state index in [1.54, 1.807) is 14.2 Å². The Morgan fingerprint density at radius 1 is 1.33 bits per heavy atom. The summed E-state index contributed by atoms with van der Waals surface area (Å²) in [6.45, 7) is 0.515. The molecule has 0 aliphatic heterocycles. The van der Waals surface area contributed by atoms with Crippen LogP contribution in [-0.4, -0.2) is 20.8 Å². The van der Waals surface area contributed by atoms with Gasteiger partial charge in [0, 0.05) is 6.54 Å². The summed E-state index contributed by atoms with van der Waals surface area (Å²) in [6.07, 6.45) is 3.82. The molecule has 15 heavy (non-hydrogen) atoms. The summed E-state index contributed by atoms with van der Waals surface area (Å²) in [4.78, 5) is 0. The van der Waals surface area contributed by atoms with Crippen molar-refractivity contribution in [1.82, 2.24) is 0 Å². The standard InChI is InChI=1S/C11H14BrNO2/c1-14-9-6-5-8(4-3-7-13)10(12)11(9)15-2/h3-6H,7,13H2,1-2H3/b4-3+. The monoisotopic (exact) mass is 271 g/mol. The Morgan fingerprint density at radius 2 is 2.07 bits per heavy atom. The predicted octanol–water partition coefficient (Wildman–Crippen LogP) is 2.44. The number of rotatable bonds is 4. The highest BCUT2D eigenvalue weighted by Gasteiger charge is 2.10. The van der Waals surface area contributed by atoms with Gasteiger partial charge in [-0.05, 0) is 33.6 Å². The summed E-state index contributed by atoms with van der Waals surface area (Å²) < 4.78 is 11.3. The Kier molecular flexibility index (Phi) is 4.65. The van der Waals surface area contributed by atoms with Crippen LogP contribution < -0.4 is 15.2 Å². The SMILES string of the molecule is COc1ccc(/C=C/CN)c(Br)c1OC. The number of halogens is 1. The van der Waals surface area contributed by atoms with E-state index in [2.05, 4.69) is 15.9 Å². The Balaban J connectivity index is 3.17. The third-order valence-electron chi connectivity index (χ3n) is 1.95. The van der Waals surface area contributed by atoms with Crippen molar-refractivity contribution in [2.45, 2.75) is 0 Å². The molecular weight excluding hydrogens is 258 g/mol. The first-order valence-electron chi connectivity index (χ1n) is 4.51. The highest BCUT2D eigenvalue weighted by molar-refractivity contribution is 9.10. The van der Waals surface area contributed by atoms with E-state index in [0.29, 0.717) is 18.0 Å². The molecule has 0 saturated heterocycles. The number of benzene rings is 1. The second-order valence-corrected chi connectivity index (χ2v) is 3.64. The van der Waals surface area contributed by atoms with Crippen molar-refractivity contribution in [3.63, 3.8) is 0 Å². The maximum atomic E-state index is 5.40. The molecule has 0 fully saturated rings. The van der Waals surface area contributed by atoms with E-state index in [9.17, 15) is 0 Å². The lowest BCUT2D eigenvalue weighted by atomic mass is 10.2. The third kappa shape index (κ3) is 2.73. The molecule has 4 heteroatoms. The zero-order chi connectivity index (χ0) is 11.3. The maximum absolute atomic E-state index is 5.40. The van der Waals surface area contributed by atoms with Gasteiger partial charge in [0.05, 0.1) is 18.7 Å². The molecular formula is C11H14BrNO2. The first-order chi connectivity index (χ1) is 7.24. The van der Waals surface area contributed by atoms with Crippen molar-refractivity contribution in [2.24, 2.45) is 5.73 Å². The van der Waals surface area contributed by atoms with E-state index >= 15 is 0 Å². The van der Waals surface area contributed by atoms with Crippen LogP contribution in [0.5, 0.6) is 11.5 Å². The minimum atomic E-state index is 0.515. The van der Waals surface area contributed by atoms with Crippen LogP contribution in [-0.2, 0) is 0 Å². The predicted molar refractivity (Wildman–Crippen MR) is 65.3 cm³/mol. The fourth-order valence-corrected chi connectivity index (χ4v) is 1.85. The summed E-state index contributed by atoms with van der Waals surface area (Å²) in [6, 6.07) is 3.80. The minimum absolute atomic E-state index is 0.515. The summed E-state index contributed by atoms with van der Waals surface area (Å²) in [5, 5.41) is 0. The molecule has 0 spiro atoms. The van der Waals surface area contributed by atoms with E-state index in [4.69, 9.17) is 15.2 Å². The van der Waals surface area contributed by atoms with Gasteiger partial charge in [-0.1, -0.05) is 12.2 Å². The van der Waals surface area contributed by atoms with Gasteiger partial charge < -0.3 is 15.2 Å². The van der Waals surface area contributed by atoms with E-state index in [1.807, 2.05) is 24.3 Å². The molecule has 0 atom stereocenters. The van der Waals surface area contributed by atoms with Crippen molar-refractivity contribution in [2.75, 3.05) is 20.8 Å². The minimum Gasteiger partial charge on any atom is -0.493 e. The van der Waals surface area contributed by atoms with Gasteiger partial charge in [0.2, 0.25) is 0 Å². The van der Waals surface area contributed by atoms with Crippen LogP contribution in [0, 0.1) is 0 Å². The van der Waals surface area contributed by atoms with E-state index in [1.165, 1.54) is 0 Å². The van der Waals surface area contributed by atoms with Crippen LogP contribution in [0.4, 0.5) is 0 Å². The van der Waals surface area contributed by atoms with Gasteiger partial charge in [-0.2, -0.15) is 0 Å². The van der Waals surface area contributed by atoms with Gasteiger partial charge in [-0.25, -0.2) is 0 Å². The van der Waals surface area contributed by atoms with Crippen LogP contribution in [0.25, 0.3) is 6.08 Å². The lowest BCUT2D eigenvalue weighted by molar-refractivity contribution is 0.353. The van der Waals surface area contributed by atoms with Gasteiger partial charge in [0.25, 0.3) is 0 Å². The van der Waals surface area contributed by atoms with Crippen molar-refractivity contribution in [3.05, 3.63) is 28.2 Å². The number of methoxy groups -OCH3 is 2. The molecule has 0 aromatic heterocycles. The Hall–Kier alpha value is -1.00. The van der Waals surface area contributed by atoms with Crippen molar-refractivity contribution >= 4 is 22.0 Å². The first kappa shape index (κ1) is 12.1. The normalized spacial score (nSPS) is 10.7. The van der Waals surface area contributed by atoms with Crippen molar-refractivity contribution in [1.29, 1.82) is 0 Å². The van der Waals surface area contributed by atoms with Crippen molar-refractivity contribution < 1.29 is 9.47 Å². The van der Waals surface area contributed by atoms with Gasteiger partial charge in [-0.15, -0.1) is 0 Å². The topological polar surface area (TPSA) is 44.5 Å².